The molecule has 6 heteroatoms. The highest BCUT2D eigenvalue weighted by Gasteiger charge is 2.21. The maximum absolute atomic E-state index is 13.5. The minimum absolute atomic E-state index is 0.153. The number of nitrogens with one attached hydrogen (secondary N) is 1. The van der Waals surface area contributed by atoms with Gasteiger partial charge in [-0.1, -0.05) is 6.07 Å². The molecule has 0 fully saturated rings. The van der Waals surface area contributed by atoms with E-state index < -0.39 is 35.2 Å². The van der Waals surface area contributed by atoms with E-state index in [-0.39, 0.29) is 12.0 Å². The zero-order chi connectivity index (χ0) is 16.2. The summed E-state index contributed by atoms with van der Waals surface area (Å²) in [4.78, 5) is 23.4. The Labute approximate surface area is 122 Å². The quantitative estimate of drug-likeness (QED) is 0.866. The Morgan fingerprint density at radius 2 is 1.90 bits per heavy atom. The van der Waals surface area contributed by atoms with Gasteiger partial charge in [-0.15, -0.1) is 0 Å². The van der Waals surface area contributed by atoms with Gasteiger partial charge in [0.25, 0.3) is 0 Å². The zero-order valence-electron chi connectivity index (χ0n) is 12.5. The number of Topliss-reactive ketones (excluding diaryl/α,β-unsaturated/α-hetero) is 1. The minimum atomic E-state index is -1.17. The second-order valence-corrected chi connectivity index (χ2v) is 5.78. The van der Waals surface area contributed by atoms with E-state index in [4.69, 9.17) is 4.74 Å². The predicted octanol–water partition coefficient (Wildman–Crippen LogP) is 3.45. The standard InChI is InChI=1S/C15H19F2NO3/c1-9(18-14(20)21-15(2,3)4)8-12(19)10-6-5-7-11(16)13(10)17/h5-7,9H,8H2,1-4H3,(H,18,20). The van der Waals surface area contributed by atoms with Crippen LogP contribution in [-0.4, -0.2) is 23.5 Å². The van der Waals surface area contributed by atoms with Crippen molar-refractivity contribution in [1.82, 2.24) is 5.32 Å². The van der Waals surface area contributed by atoms with Crippen LogP contribution in [0, 0.1) is 11.6 Å². The molecule has 116 valence electrons. The molecule has 4 nitrogen and oxygen atoms in total. The summed E-state index contributed by atoms with van der Waals surface area (Å²) in [5, 5.41) is 2.47. The van der Waals surface area contributed by atoms with Gasteiger partial charge in [-0.2, -0.15) is 0 Å². The van der Waals surface area contributed by atoms with Crippen molar-refractivity contribution in [2.45, 2.75) is 45.8 Å². The lowest BCUT2D eigenvalue weighted by atomic mass is 10.0. The molecule has 1 unspecified atom stereocenters. The van der Waals surface area contributed by atoms with Crippen LogP contribution in [0.3, 0.4) is 0 Å². The number of ether oxygens (including phenoxy) is 1. The Balaban J connectivity index is 2.62. The number of carbonyl (C=O) groups excluding carboxylic acids is 2. The molecular formula is C15H19F2NO3. The molecule has 0 aromatic heterocycles. The van der Waals surface area contributed by atoms with E-state index >= 15 is 0 Å². The van der Waals surface area contributed by atoms with Crippen molar-refractivity contribution in [3.05, 3.63) is 35.4 Å². The first kappa shape index (κ1) is 17.1. The van der Waals surface area contributed by atoms with Gasteiger partial charge in [0.15, 0.2) is 17.4 Å². The highest BCUT2D eigenvalue weighted by molar-refractivity contribution is 5.96. The Kier molecular flexibility index (Phi) is 5.41. The fourth-order valence-electron chi connectivity index (χ4n) is 1.67. The molecule has 1 N–H and O–H groups in total. The van der Waals surface area contributed by atoms with E-state index in [1.807, 2.05) is 0 Å². The van der Waals surface area contributed by atoms with Gasteiger partial charge in [0, 0.05) is 12.5 Å². The predicted molar refractivity (Wildman–Crippen MR) is 74.1 cm³/mol. The van der Waals surface area contributed by atoms with Crippen LogP contribution < -0.4 is 5.32 Å². The molecule has 0 aliphatic rings. The number of rotatable bonds is 4. The molecule has 1 amide bonds. The molecule has 1 atom stereocenters. The van der Waals surface area contributed by atoms with Gasteiger partial charge < -0.3 is 10.1 Å². The minimum Gasteiger partial charge on any atom is -0.444 e. The second kappa shape index (κ2) is 6.65. The number of hydrogen-bond acceptors (Lipinski definition) is 3. The average Bonchev–Trinajstić information content (AvgIpc) is 2.29. The molecule has 0 spiro atoms. The maximum atomic E-state index is 13.5. The van der Waals surface area contributed by atoms with Crippen molar-refractivity contribution in [3.8, 4) is 0 Å². The molecule has 21 heavy (non-hydrogen) atoms. The molecule has 1 rings (SSSR count). The summed E-state index contributed by atoms with van der Waals surface area (Å²) >= 11 is 0. The Morgan fingerprint density at radius 1 is 1.29 bits per heavy atom. The van der Waals surface area contributed by atoms with E-state index in [1.54, 1.807) is 27.7 Å². The third kappa shape index (κ3) is 5.49. The summed E-state index contributed by atoms with van der Waals surface area (Å²) in [5.41, 5.74) is -0.976. The molecule has 0 saturated carbocycles. The SMILES string of the molecule is CC(CC(=O)c1cccc(F)c1F)NC(=O)OC(C)(C)C. The number of hydrogen-bond donors (Lipinski definition) is 1. The lowest BCUT2D eigenvalue weighted by Gasteiger charge is -2.21. The molecule has 1 aromatic carbocycles. The van der Waals surface area contributed by atoms with Crippen LogP contribution in [0.25, 0.3) is 0 Å². The lowest BCUT2D eigenvalue weighted by molar-refractivity contribution is 0.0506. The van der Waals surface area contributed by atoms with Crippen LogP contribution in [0.15, 0.2) is 18.2 Å². The summed E-state index contributed by atoms with van der Waals surface area (Å²) in [5.74, 6) is -2.84. The van der Waals surface area contributed by atoms with Gasteiger partial charge in [0.2, 0.25) is 0 Å². The van der Waals surface area contributed by atoms with Crippen molar-refractivity contribution in [2.24, 2.45) is 0 Å². The van der Waals surface area contributed by atoms with Gasteiger partial charge in [0.1, 0.15) is 5.60 Å². The highest BCUT2D eigenvalue weighted by atomic mass is 19.2. The first-order valence-corrected chi connectivity index (χ1v) is 6.57. The highest BCUT2D eigenvalue weighted by Crippen LogP contribution is 2.14. The topological polar surface area (TPSA) is 55.4 Å². The molecule has 0 heterocycles. The van der Waals surface area contributed by atoms with Gasteiger partial charge in [-0.05, 0) is 39.8 Å². The maximum Gasteiger partial charge on any atom is 0.407 e. The smallest absolute Gasteiger partial charge is 0.407 e. The molecule has 0 aliphatic carbocycles. The normalized spacial score (nSPS) is 12.7. The van der Waals surface area contributed by atoms with E-state index in [0.717, 1.165) is 6.07 Å². The van der Waals surface area contributed by atoms with Gasteiger partial charge >= 0.3 is 6.09 Å². The summed E-state index contributed by atoms with van der Waals surface area (Å²) in [6.07, 6.45) is -0.817. The van der Waals surface area contributed by atoms with Crippen LogP contribution in [0.5, 0.6) is 0 Å². The van der Waals surface area contributed by atoms with Crippen molar-refractivity contribution in [2.75, 3.05) is 0 Å². The van der Waals surface area contributed by atoms with Crippen molar-refractivity contribution in [1.29, 1.82) is 0 Å². The van der Waals surface area contributed by atoms with Crippen molar-refractivity contribution < 1.29 is 23.1 Å². The first-order valence-electron chi connectivity index (χ1n) is 6.57. The molecular weight excluding hydrogens is 280 g/mol. The van der Waals surface area contributed by atoms with Crippen LogP contribution in [-0.2, 0) is 4.74 Å². The first-order chi connectivity index (χ1) is 9.60. The zero-order valence-corrected chi connectivity index (χ0v) is 12.5. The van der Waals surface area contributed by atoms with Gasteiger partial charge in [0.05, 0.1) is 5.56 Å². The van der Waals surface area contributed by atoms with Crippen LogP contribution in [0.1, 0.15) is 44.5 Å². The average molecular weight is 299 g/mol. The van der Waals surface area contributed by atoms with Gasteiger partial charge in [-0.3, -0.25) is 4.79 Å². The summed E-state index contributed by atoms with van der Waals surface area (Å²) < 4.78 is 31.6. The number of benzene rings is 1. The van der Waals surface area contributed by atoms with Crippen LogP contribution >= 0.6 is 0 Å². The molecule has 0 saturated heterocycles. The van der Waals surface area contributed by atoms with Crippen molar-refractivity contribution in [3.63, 3.8) is 0 Å². The second-order valence-electron chi connectivity index (χ2n) is 5.78. The number of alkyl carbamates (subject to hydrolysis) is 1. The van der Waals surface area contributed by atoms with E-state index in [2.05, 4.69) is 5.32 Å². The number of carbonyl (C=O) groups is 2. The third-order valence-electron chi connectivity index (χ3n) is 2.51. The van der Waals surface area contributed by atoms with Crippen LogP contribution in [0.2, 0.25) is 0 Å². The third-order valence-corrected chi connectivity index (χ3v) is 2.51. The number of amides is 1. The molecule has 0 bridgehead atoms. The largest absolute Gasteiger partial charge is 0.444 e. The fourth-order valence-corrected chi connectivity index (χ4v) is 1.67. The Bertz CT molecular complexity index is 538. The molecule has 0 radical (unpaired) electrons. The van der Waals surface area contributed by atoms with E-state index in [0.29, 0.717) is 0 Å². The number of ketones is 1. The van der Waals surface area contributed by atoms with Gasteiger partial charge in [-0.25, -0.2) is 13.6 Å². The summed E-state index contributed by atoms with van der Waals surface area (Å²) in [6.45, 7) is 6.72. The Morgan fingerprint density at radius 3 is 2.48 bits per heavy atom. The summed E-state index contributed by atoms with van der Waals surface area (Å²) in [6, 6.07) is 2.85. The Hall–Kier alpha value is -1.98. The van der Waals surface area contributed by atoms with E-state index in [9.17, 15) is 18.4 Å². The lowest BCUT2D eigenvalue weighted by Crippen LogP contribution is -2.38. The monoisotopic (exact) mass is 299 g/mol. The number of halogens is 2. The van der Waals surface area contributed by atoms with E-state index in [1.165, 1.54) is 12.1 Å². The molecule has 0 aliphatic heterocycles. The molecule has 1 aromatic rings. The van der Waals surface area contributed by atoms with Crippen LogP contribution in [0.4, 0.5) is 13.6 Å². The summed E-state index contributed by atoms with van der Waals surface area (Å²) in [7, 11) is 0. The van der Waals surface area contributed by atoms with Crippen molar-refractivity contribution >= 4 is 11.9 Å². The fraction of sp³-hybridized carbons (Fsp3) is 0.467.